The normalized spacial score (nSPS) is 19.4. The van der Waals surface area contributed by atoms with Crippen molar-refractivity contribution >= 4 is 23.1 Å². The standard InChI is InChI=1S/C26H33N5O/c32-26(27-22-10-11-22)28-23-7-4-6-20(18-23)19-30-16-12-21(13-17-30)24-8-5-9-25(29-24)31-14-2-1-3-15-31/h4-9,12,18,22H,1-3,10-11,13-17,19H2,(H2,27,28,32). The molecule has 0 atom stereocenters. The van der Waals surface area contributed by atoms with Crippen LogP contribution in [0.15, 0.2) is 48.5 Å². The molecule has 168 valence electrons. The van der Waals surface area contributed by atoms with Crippen molar-refractivity contribution in [3.63, 3.8) is 0 Å². The Morgan fingerprint density at radius 1 is 1.03 bits per heavy atom. The molecule has 3 heterocycles. The molecule has 0 spiro atoms. The van der Waals surface area contributed by atoms with E-state index < -0.39 is 0 Å². The van der Waals surface area contributed by atoms with Crippen molar-refractivity contribution in [3.05, 3.63) is 59.8 Å². The molecule has 5 rings (SSSR count). The van der Waals surface area contributed by atoms with Crippen LogP contribution < -0.4 is 15.5 Å². The molecule has 6 heteroatoms. The van der Waals surface area contributed by atoms with E-state index in [0.717, 1.165) is 69.2 Å². The fourth-order valence-electron chi connectivity index (χ4n) is 4.57. The predicted molar refractivity (Wildman–Crippen MR) is 130 cm³/mol. The number of hydrogen-bond acceptors (Lipinski definition) is 4. The van der Waals surface area contributed by atoms with Gasteiger partial charge >= 0.3 is 6.03 Å². The van der Waals surface area contributed by atoms with E-state index in [4.69, 9.17) is 4.98 Å². The Morgan fingerprint density at radius 2 is 1.88 bits per heavy atom. The maximum absolute atomic E-state index is 12.0. The summed E-state index contributed by atoms with van der Waals surface area (Å²) in [4.78, 5) is 21.9. The van der Waals surface area contributed by atoms with Gasteiger partial charge in [-0.1, -0.05) is 24.3 Å². The Labute approximate surface area is 190 Å². The van der Waals surface area contributed by atoms with E-state index in [9.17, 15) is 4.79 Å². The molecule has 1 aromatic heterocycles. The lowest BCUT2D eigenvalue weighted by atomic mass is 10.0. The molecule has 2 N–H and O–H groups in total. The Balaban J connectivity index is 1.18. The van der Waals surface area contributed by atoms with Crippen LogP contribution in [0.1, 0.15) is 49.8 Å². The van der Waals surface area contributed by atoms with E-state index in [2.05, 4.69) is 56.8 Å². The average molecular weight is 432 g/mol. The number of hydrogen-bond donors (Lipinski definition) is 2. The summed E-state index contributed by atoms with van der Waals surface area (Å²) in [5, 5.41) is 5.93. The smallest absolute Gasteiger partial charge is 0.319 e. The highest BCUT2D eigenvalue weighted by Gasteiger charge is 2.23. The van der Waals surface area contributed by atoms with E-state index in [1.165, 1.54) is 30.4 Å². The van der Waals surface area contributed by atoms with Crippen LogP contribution in [0.5, 0.6) is 0 Å². The van der Waals surface area contributed by atoms with Crippen molar-refractivity contribution in [3.8, 4) is 0 Å². The molecule has 1 aromatic carbocycles. The van der Waals surface area contributed by atoms with Gasteiger partial charge in [-0.2, -0.15) is 0 Å². The summed E-state index contributed by atoms with van der Waals surface area (Å²) in [6.07, 6.45) is 9.40. The molecule has 2 aromatic rings. The number of rotatable bonds is 6. The van der Waals surface area contributed by atoms with E-state index >= 15 is 0 Å². The monoisotopic (exact) mass is 431 g/mol. The Bertz CT molecular complexity index is 978. The van der Waals surface area contributed by atoms with Crippen molar-refractivity contribution < 1.29 is 4.79 Å². The first-order valence-corrected chi connectivity index (χ1v) is 12.0. The maximum atomic E-state index is 12.0. The molecule has 3 aliphatic rings. The topological polar surface area (TPSA) is 60.5 Å². The number of amides is 2. The van der Waals surface area contributed by atoms with Gasteiger partial charge in [0.05, 0.1) is 5.69 Å². The van der Waals surface area contributed by atoms with Gasteiger partial charge in [0, 0.05) is 44.5 Å². The lowest BCUT2D eigenvalue weighted by molar-refractivity contribution is 0.251. The number of pyridine rings is 1. The summed E-state index contributed by atoms with van der Waals surface area (Å²) in [5.41, 5.74) is 4.55. The molecule has 1 saturated carbocycles. The van der Waals surface area contributed by atoms with Crippen molar-refractivity contribution in [2.75, 3.05) is 36.4 Å². The third-order valence-electron chi connectivity index (χ3n) is 6.54. The number of benzene rings is 1. The number of anilines is 2. The summed E-state index contributed by atoms with van der Waals surface area (Å²) in [6, 6.07) is 14.9. The van der Waals surface area contributed by atoms with E-state index in [0.29, 0.717) is 6.04 Å². The molecule has 1 aliphatic carbocycles. The summed E-state index contributed by atoms with van der Waals surface area (Å²) < 4.78 is 0. The van der Waals surface area contributed by atoms with Crippen LogP contribution in [0.3, 0.4) is 0 Å². The van der Waals surface area contributed by atoms with Gasteiger partial charge in [0.25, 0.3) is 0 Å². The van der Waals surface area contributed by atoms with Crippen molar-refractivity contribution in [2.45, 2.75) is 51.1 Å². The molecule has 32 heavy (non-hydrogen) atoms. The van der Waals surface area contributed by atoms with Gasteiger partial charge in [0.2, 0.25) is 0 Å². The van der Waals surface area contributed by atoms with E-state index in [1.54, 1.807) is 0 Å². The van der Waals surface area contributed by atoms with Crippen LogP contribution in [0, 0.1) is 0 Å². The van der Waals surface area contributed by atoms with Crippen LogP contribution in [0.25, 0.3) is 5.57 Å². The fourth-order valence-corrected chi connectivity index (χ4v) is 4.57. The van der Waals surface area contributed by atoms with Crippen LogP contribution >= 0.6 is 0 Å². The van der Waals surface area contributed by atoms with Crippen LogP contribution in [-0.2, 0) is 6.54 Å². The summed E-state index contributed by atoms with van der Waals surface area (Å²) in [6.45, 7) is 5.07. The zero-order chi connectivity index (χ0) is 21.8. The summed E-state index contributed by atoms with van der Waals surface area (Å²) >= 11 is 0. The minimum atomic E-state index is -0.102. The molecule has 2 fully saturated rings. The molecule has 6 nitrogen and oxygen atoms in total. The zero-order valence-corrected chi connectivity index (χ0v) is 18.7. The minimum absolute atomic E-state index is 0.102. The maximum Gasteiger partial charge on any atom is 0.319 e. The lowest BCUT2D eigenvalue weighted by Gasteiger charge is -2.29. The molecule has 0 radical (unpaired) electrons. The Morgan fingerprint density at radius 3 is 2.66 bits per heavy atom. The van der Waals surface area contributed by atoms with Crippen molar-refractivity contribution in [2.24, 2.45) is 0 Å². The van der Waals surface area contributed by atoms with Gasteiger partial charge in [0.15, 0.2) is 0 Å². The molecule has 2 amide bonds. The second-order valence-corrected chi connectivity index (χ2v) is 9.22. The van der Waals surface area contributed by atoms with Crippen molar-refractivity contribution in [1.29, 1.82) is 0 Å². The first-order valence-electron chi connectivity index (χ1n) is 12.0. The molecular formula is C26H33N5O. The second kappa shape index (κ2) is 9.74. The number of carbonyl (C=O) groups excluding carboxylic acids is 1. The third-order valence-corrected chi connectivity index (χ3v) is 6.54. The van der Waals surface area contributed by atoms with Crippen LogP contribution in [0.2, 0.25) is 0 Å². The minimum Gasteiger partial charge on any atom is -0.357 e. The predicted octanol–water partition coefficient (Wildman–Crippen LogP) is 4.65. The first kappa shape index (κ1) is 21.0. The van der Waals surface area contributed by atoms with Crippen LogP contribution in [0.4, 0.5) is 16.3 Å². The highest BCUT2D eigenvalue weighted by Crippen LogP contribution is 2.25. The molecular weight excluding hydrogens is 398 g/mol. The number of aromatic nitrogens is 1. The second-order valence-electron chi connectivity index (χ2n) is 9.22. The first-order chi connectivity index (χ1) is 15.7. The van der Waals surface area contributed by atoms with E-state index in [-0.39, 0.29) is 6.03 Å². The molecule has 1 saturated heterocycles. The number of piperidine rings is 1. The Kier molecular flexibility index (Phi) is 6.39. The highest BCUT2D eigenvalue weighted by atomic mass is 16.2. The van der Waals surface area contributed by atoms with Gasteiger partial charge in [-0.3, -0.25) is 4.90 Å². The van der Waals surface area contributed by atoms with Gasteiger partial charge in [-0.25, -0.2) is 9.78 Å². The number of nitrogens with zero attached hydrogens (tertiary/aromatic N) is 3. The van der Waals surface area contributed by atoms with Crippen molar-refractivity contribution in [1.82, 2.24) is 15.2 Å². The third kappa shape index (κ3) is 5.49. The number of nitrogens with one attached hydrogen (secondary N) is 2. The summed E-state index contributed by atoms with van der Waals surface area (Å²) in [7, 11) is 0. The molecule has 0 unspecified atom stereocenters. The largest absolute Gasteiger partial charge is 0.357 e. The van der Waals surface area contributed by atoms with E-state index in [1.807, 2.05) is 12.1 Å². The molecule has 2 aliphatic heterocycles. The Hall–Kier alpha value is -2.86. The lowest BCUT2D eigenvalue weighted by Crippen LogP contribution is -2.31. The van der Waals surface area contributed by atoms with Gasteiger partial charge in [-0.05, 0) is 73.9 Å². The average Bonchev–Trinajstić information content (AvgIpc) is 3.64. The molecule has 0 bridgehead atoms. The van der Waals surface area contributed by atoms with Gasteiger partial charge < -0.3 is 15.5 Å². The fraction of sp³-hybridized carbons (Fsp3) is 0.462. The zero-order valence-electron chi connectivity index (χ0n) is 18.7. The van der Waals surface area contributed by atoms with Crippen LogP contribution in [-0.4, -0.2) is 48.1 Å². The van der Waals surface area contributed by atoms with Gasteiger partial charge in [0.1, 0.15) is 5.82 Å². The SMILES string of the molecule is O=C(Nc1cccc(CN2CC=C(c3cccc(N4CCCCC4)n3)CC2)c1)NC1CC1. The van der Waals surface area contributed by atoms with Gasteiger partial charge in [-0.15, -0.1) is 0 Å². The number of urea groups is 1. The summed E-state index contributed by atoms with van der Waals surface area (Å²) in [5.74, 6) is 1.13. The highest BCUT2D eigenvalue weighted by molar-refractivity contribution is 5.89. The number of carbonyl (C=O) groups is 1. The quantitative estimate of drug-likeness (QED) is 0.699.